The van der Waals surface area contributed by atoms with Gasteiger partial charge in [0.05, 0.1) is 5.56 Å². The van der Waals surface area contributed by atoms with Crippen LogP contribution in [-0.2, 0) is 9.53 Å². The van der Waals surface area contributed by atoms with Crippen molar-refractivity contribution in [3.63, 3.8) is 0 Å². The number of hydrogen-bond acceptors (Lipinski definition) is 4. The maximum absolute atomic E-state index is 12.2. The van der Waals surface area contributed by atoms with Crippen molar-refractivity contribution in [3.05, 3.63) is 72.6 Å². The molecule has 24 heavy (non-hydrogen) atoms. The van der Waals surface area contributed by atoms with Crippen LogP contribution in [0.2, 0.25) is 0 Å². The highest BCUT2D eigenvalue weighted by molar-refractivity contribution is 5.98. The van der Waals surface area contributed by atoms with Crippen LogP contribution >= 0.6 is 0 Å². The predicted molar refractivity (Wildman–Crippen MR) is 91.7 cm³/mol. The van der Waals surface area contributed by atoms with Crippen LogP contribution in [0.5, 0.6) is 0 Å². The molecule has 2 aromatic carbocycles. The van der Waals surface area contributed by atoms with E-state index in [1.165, 1.54) is 13.1 Å². The number of benzene rings is 2. The molecular weight excluding hydrogens is 304 g/mol. The molecule has 0 bridgehead atoms. The zero-order valence-corrected chi connectivity index (χ0v) is 13.1. The molecule has 0 saturated heterocycles. The van der Waals surface area contributed by atoms with E-state index >= 15 is 0 Å². The van der Waals surface area contributed by atoms with Crippen molar-refractivity contribution in [3.8, 4) is 0 Å². The van der Waals surface area contributed by atoms with Crippen LogP contribution in [0.15, 0.2) is 67.0 Å². The molecule has 5 nitrogen and oxygen atoms in total. The normalized spacial score (nSPS) is 11.7. The minimum Gasteiger partial charge on any atom is -0.449 e. The van der Waals surface area contributed by atoms with Gasteiger partial charge in [0.1, 0.15) is 0 Å². The highest BCUT2D eigenvalue weighted by Crippen LogP contribution is 2.19. The van der Waals surface area contributed by atoms with E-state index in [4.69, 9.17) is 4.74 Å². The Kier molecular flexibility index (Phi) is 4.52. The second-order valence-corrected chi connectivity index (χ2v) is 5.34. The molecule has 0 spiro atoms. The Bertz CT molecular complexity index is 878. The van der Waals surface area contributed by atoms with Crippen molar-refractivity contribution < 1.29 is 14.3 Å². The Balaban J connectivity index is 1.66. The fourth-order valence-corrected chi connectivity index (χ4v) is 2.28. The molecule has 1 N–H and O–H groups in total. The average Bonchev–Trinajstić information content (AvgIpc) is 2.62. The number of hydrogen-bond donors (Lipinski definition) is 1. The standard InChI is InChI=1S/C19H16N2O3/c1-13(24-19(23)16-7-4-10-20-12-16)18(22)21-17-9-8-14-5-2-3-6-15(14)11-17/h2-13H,1H3,(H,21,22). The fourth-order valence-electron chi connectivity index (χ4n) is 2.28. The number of anilines is 1. The van der Waals surface area contributed by atoms with Crippen molar-refractivity contribution in [1.29, 1.82) is 0 Å². The monoisotopic (exact) mass is 320 g/mol. The summed E-state index contributed by atoms with van der Waals surface area (Å²) >= 11 is 0. The van der Waals surface area contributed by atoms with E-state index in [2.05, 4.69) is 10.3 Å². The summed E-state index contributed by atoms with van der Waals surface area (Å²) in [4.78, 5) is 28.0. The molecule has 0 saturated carbocycles. The van der Waals surface area contributed by atoms with Crippen LogP contribution in [0.25, 0.3) is 10.8 Å². The van der Waals surface area contributed by atoms with Gasteiger partial charge in [-0.05, 0) is 42.0 Å². The van der Waals surface area contributed by atoms with Gasteiger partial charge in [-0.3, -0.25) is 9.78 Å². The zero-order chi connectivity index (χ0) is 16.9. The van der Waals surface area contributed by atoms with Crippen molar-refractivity contribution in [2.75, 3.05) is 5.32 Å². The van der Waals surface area contributed by atoms with Gasteiger partial charge in [-0.1, -0.05) is 30.3 Å². The molecule has 3 aromatic rings. The minimum absolute atomic E-state index is 0.308. The van der Waals surface area contributed by atoms with E-state index in [1.807, 2.05) is 42.5 Å². The van der Waals surface area contributed by atoms with E-state index in [-0.39, 0.29) is 5.91 Å². The minimum atomic E-state index is -0.913. The Labute approximate surface area is 139 Å². The lowest BCUT2D eigenvalue weighted by atomic mass is 10.1. The number of nitrogens with one attached hydrogen (secondary N) is 1. The molecule has 120 valence electrons. The lowest BCUT2D eigenvalue weighted by Crippen LogP contribution is -2.30. The van der Waals surface area contributed by atoms with E-state index < -0.39 is 12.1 Å². The first-order chi connectivity index (χ1) is 11.6. The molecule has 1 aromatic heterocycles. The van der Waals surface area contributed by atoms with Gasteiger partial charge >= 0.3 is 5.97 Å². The number of nitrogens with zero attached hydrogens (tertiary/aromatic N) is 1. The number of esters is 1. The number of aromatic nitrogens is 1. The molecule has 1 atom stereocenters. The number of carbonyl (C=O) groups is 2. The third-order valence-electron chi connectivity index (χ3n) is 3.57. The lowest BCUT2D eigenvalue weighted by Gasteiger charge is -2.13. The summed E-state index contributed by atoms with van der Waals surface area (Å²) in [5, 5.41) is 4.87. The van der Waals surface area contributed by atoms with E-state index in [0.717, 1.165) is 10.8 Å². The van der Waals surface area contributed by atoms with Gasteiger partial charge < -0.3 is 10.1 Å². The van der Waals surface area contributed by atoms with Gasteiger partial charge in [0.25, 0.3) is 5.91 Å². The zero-order valence-electron chi connectivity index (χ0n) is 13.1. The predicted octanol–water partition coefficient (Wildman–Crippen LogP) is 3.42. The Morgan fingerprint density at radius 1 is 1.04 bits per heavy atom. The summed E-state index contributed by atoms with van der Waals surface area (Å²) in [5.41, 5.74) is 0.964. The molecule has 1 unspecified atom stereocenters. The topological polar surface area (TPSA) is 68.3 Å². The number of fused-ring (bicyclic) bond motifs is 1. The second kappa shape index (κ2) is 6.91. The van der Waals surface area contributed by atoms with E-state index in [1.54, 1.807) is 18.3 Å². The molecule has 3 rings (SSSR count). The fraction of sp³-hybridized carbons (Fsp3) is 0.105. The lowest BCUT2D eigenvalue weighted by molar-refractivity contribution is -0.123. The molecule has 1 amide bonds. The summed E-state index contributed by atoms with van der Waals surface area (Å²) in [6.07, 6.45) is 2.05. The second-order valence-electron chi connectivity index (χ2n) is 5.34. The third kappa shape index (κ3) is 3.57. The maximum atomic E-state index is 12.2. The molecule has 0 aliphatic rings. The van der Waals surface area contributed by atoms with E-state index in [9.17, 15) is 9.59 Å². The summed E-state index contributed by atoms with van der Waals surface area (Å²) < 4.78 is 5.17. The molecule has 0 aliphatic heterocycles. The first kappa shape index (κ1) is 15.7. The van der Waals surface area contributed by atoms with Crippen LogP contribution in [0.1, 0.15) is 17.3 Å². The van der Waals surface area contributed by atoms with Gasteiger partial charge in [-0.15, -0.1) is 0 Å². The van der Waals surface area contributed by atoms with Crippen LogP contribution in [0, 0.1) is 0 Å². The van der Waals surface area contributed by atoms with Crippen molar-refractivity contribution in [2.45, 2.75) is 13.0 Å². The summed E-state index contributed by atoms with van der Waals surface area (Å²) in [7, 11) is 0. The highest BCUT2D eigenvalue weighted by atomic mass is 16.5. The van der Waals surface area contributed by atoms with Crippen LogP contribution in [-0.4, -0.2) is 23.0 Å². The first-order valence-electron chi connectivity index (χ1n) is 7.54. The Hall–Kier alpha value is -3.21. The largest absolute Gasteiger partial charge is 0.449 e. The van der Waals surface area contributed by atoms with E-state index in [0.29, 0.717) is 11.3 Å². The smallest absolute Gasteiger partial charge is 0.340 e. The van der Waals surface area contributed by atoms with Crippen LogP contribution < -0.4 is 5.32 Å². The molecule has 0 radical (unpaired) electrons. The van der Waals surface area contributed by atoms with Gasteiger partial charge in [0.2, 0.25) is 0 Å². The number of ether oxygens (including phenoxy) is 1. The van der Waals surface area contributed by atoms with Gasteiger partial charge in [-0.2, -0.15) is 0 Å². The van der Waals surface area contributed by atoms with Gasteiger partial charge in [0, 0.05) is 18.1 Å². The Morgan fingerprint density at radius 3 is 2.58 bits per heavy atom. The van der Waals surface area contributed by atoms with Gasteiger partial charge in [-0.25, -0.2) is 4.79 Å². The summed E-state index contributed by atoms with van der Waals surface area (Å²) in [6, 6.07) is 16.7. The van der Waals surface area contributed by atoms with Gasteiger partial charge in [0.15, 0.2) is 6.10 Å². The Morgan fingerprint density at radius 2 is 1.83 bits per heavy atom. The average molecular weight is 320 g/mol. The van der Waals surface area contributed by atoms with Crippen molar-refractivity contribution in [2.24, 2.45) is 0 Å². The van der Waals surface area contributed by atoms with Crippen molar-refractivity contribution in [1.82, 2.24) is 4.98 Å². The SMILES string of the molecule is CC(OC(=O)c1cccnc1)C(=O)Nc1ccc2ccccc2c1. The van der Waals surface area contributed by atoms with Crippen LogP contribution in [0.3, 0.4) is 0 Å². The highest BCUT2D eigenvalue weighted by Gasteiger charge is 2.19. The molecule has 5 heteroatoms. The summed E-state index contributed by atoms with van der Waals surface area (Å²) in [5.74, 6) is -0.966. The molecule has 0 aliphatic carbocycles. The maximum Gasteiger partial charge on any atom is 0.340 e. The van der Waals surface area contributed by atoms with Crippen molar-refractivity contribution >= 4 is 28.3 Å². The van der Waals surface area contributed by atoms with Crippen LogP contribution in [0.4, 0.5) is 5.69 Å². The number of pyridine rings is 1. The molecular formula is C19H16N2O3. The molecule has 1 heterocycles. The molecule has 0 fully saturated rings. The number of carbonyl (C=O) groups excluding carboxylic acids is 2. The quantitative estimate of drug-likeness (QED) is 0.748. The number of rotatable bonds is 4. The first-order valence-corrected chi connectivity index (χ1v) is 7.54. The third-order valence-corrected chi connectivity index (χ3v) is 3.57. The summed E-state index contributed by atoms with van der Waals surface area (Å²) in [6.45, 7) is 1.53. The number of amides is 1.